The molecule has 1 saturated heterocycles. The van der Waals surface area contributed by atoms with E-state index in [0.717, 1.165) is 17.5 Å². The summed E-state index contributed by atoms with van der Waals surface area (Å²) in [5.74, 6) is -1.28. The fourth-order valence-corrected chi connectivity index (χ4v) is 3.66. The van der Waals surface area contributed by atoms with Crippen LogP contribution in [0.2, 0.25) is 5.02 Å². The van der Waals surface area contributed by atoms with Gasteiger partial charge < -0.3 is 9.47 Å². The van der Waals surface area contributed by atoms with Gasteiger partial charge in [0.25, 0.3) is 0 Å². The number of hydrogen-bond acceptors (Lipinski definition) is 3. The Hall–Kier alpha value is -0.610. The maximum atomic E-state index is 8.66. The SMILES string of the molecule is [2H]c1c(C)c(C)c(Cl)c([2H])c1[C@]1(OC)OC(C)C(C)(CC)NC1(C)C. The van der Waals surface area contributed by atoms with Gasteiger partial charge in [-0.1, -0.05) is 24.6 Å². The third-order valence-electron chi connectivity index (χ3n) is 5.45. The first-order valence-electron chi connectivity index (χ1n) is 9.17. The molecule has 1 N–H and O–H groups in total. The lowest BCUT2D eigenvalue weighted by molar-refractivity contribution is -0.329. The Balaban J connectivity index is 2.79. The van der Waals surface area contributed by atoms with Crippen LogP contribution in [0.3, 0.4) is 0 Å². The van der Waals surface area contributed by atoms with Gasteiger partial charge in [-0.05, 0) is 65.1 Å². The Morgan fingerprint density at radius 2 is 1.96 bits per heavy atom. The molecular formula is C19H30ClNO2. The number of nitrogens with one attached hydrogen (secondary N) is 1. The highest BCUT2D eigenvalue weighted by Crippen LogP contribution is 2.46. The average Bonchev–Trinajstić information content (AvgIpc) is 2.55. The molecule has 23 heavy (non-hydrogen) atoms. The fraction of sp³-hybridized carbons (Fsp3) is 0.684. The van der Waals surface area contributed by atoms with Crippen LogP contribution in [0.5, 0.6) is 0 Å². The van der Waals surface area contributed by atoms with Gasteiger partial charge >= 0.3 is 0 Å². The Morgan fingerprint density at radius 3 is 2.48 bits per heavy atom. The summed E-state index contributed by atoms with van der Waals surface area (Å²) in [5.41, 5.74) is 0.961. The fourth-order valence-electron chi connectivity index (χ4n) is 3.42. The number of hydrogen-bond donors (Lipinski definition) is 1. The van der Waals surface area contributed by atoms with Gasteiger partial charge in [0.15, 0.2) is 0 Å². The first-order valence-corrected chi connectivity index (χ1v) is 8.55. The number of rotatable bonds is 3. The van der Waals surface area contributed by atoms with Crippen molar-refractivity contribution < 1.29 is 12.2 Å². The summed E-state index contributed by atoms with van der Waals surface area (Å²) in [6, 6.07) is 0.342. The molecule has 1 heterocycles. The molecule has 4 heteroatoms. The van der Waals surface area contributed by atoms with Gasteiger partial charge in [-0.15, -0.1) is 0 Å². The zero-order valence-electron chi connectivity index (χ0n) is 17.5. The normalized spacial score (nSPS) is 34.9. The van der Waals surface area contributed by atoms with Crippen LogP contribution in [0.25, 0.3) is 0 Å². The molecule has 2 rings (SSSR count). The minimum Gasteiger partial charge on any atom is -0.348 e. The maximum absolute atomic E-state index is 8.66. The van der Waals surface area contributed by atoms with E-state index in [1.165, 1.54) is 0 Å². The van der Waals surface area contributed by atoms with Crippen molar-refractivity contribution in [1.82, 2.24) is 5.32 Å². The number of methoxy groups -OCH3 is 1. The molecule has 1 aromatic rings. The minimum absolute atomic E-state index is 0.0961. The molecule has 130 valence electrons. The van der Waals surface area contributed by atoms with Crippen molar-refractivity contribution in [2.24, 2.45) is 0 Å². The Labute approximate surface area is 148 Å². The van der Waals surface area contributed by atoms with Crippen molar-refractivity contribution in [1.29, 1.82) is 0 Å². The monoisotopic (exact) mass is 341 g/mol. The van der Waals surface area contributed by atoms with Crippen LogP contribution < -0.4 is 5.32 Å². The van der Waals surface area contributed by atoms with E-state index in [0.29, 0.717) is 10.6 Å². The van der Waals surface area contributed by atoms with E-state index in [-0.39, 0.29) is 23.7 Å². The number of morpholine rings is 1. The van der Waals surface area contributed by atoms with Crippen LogP contribution in [0.4, 0.5) is 0 Å². The van der Waals surface area contributed by atoms with E-state index in [2.05, 4.69) is 19.2 Å². The highest BCUT2D eigenvalue weighted by Gasteiger charge is 2.57. The molecule has 0 bridgehead atoms. The summed E-state index contributed by atoms with van der Waals surface area (Å²) in [7, 11) is 1.56. The second-order valence-corrected chi connectivity index (χ2v) is 7.67. The number of halogens is 1. The molecule has 1 aliphatic heterocycles. The number of benzene rings is 1. The van der Waals surface area contributed by atoms with Gasteiger partial charge in [-0.2, -0.15) is 0 Å². The van der Waals surface area contributed by atoms with E-state index in [9.17, 15) is 0 Å². The smallest absolute Gasteiger partial charge is 0.213 e. The second kappa shape index (κ2) is 6.03. The van der Waals surface area contributed by atoms with Crippen molar-refractivity contribution in [3.63, 3.8) is 0 Å². The highest BCUT2D eigenvalue weighted by atomic mass is 35.5. The molecule has 1 aliphatic rings. The highest BCUT2D eigenvalue weighted by molar-refractivity contribution is 6.31. The van der Waals surface area contributed by atoms with Gasteiger partial charge in [0.1, 0.15) is 0 Å². The van der Waals surface area contributed by atoms with Crippen LogP contribution in [0, 0.1) is 13.8 Å². The summed E-state index contributed by atoms with van der Waals surface area (Å²) in [6.45, 7) is 13.9. The third kappa shape index (κ3) is 2.82. The molecule has 0 amide bonds. The maximum Gasteiger partial charge on any atom is 0.213 e. The molecule has 2 unspecified atom stereocenters. The quantitative estimate of drug-likeness (QED) is 0.863. The molecular weight excluding hydrogens is 310 g/mol. The van der Waals surface area contributed by atoms with Crippen molar-refractivity contribution in [3.8, 4) is 0 Å². The Morgan fingerprint density at radius 1 is 1.35 bits per heavy atom. The second-order valence-electron chi connectivity index (χ2n) is 7.29. The standard InChI is InChI=1S/C19H30ClNO2/c1-9-18(7)14(4)23-19(22-8,17(5,6)21-18)15-10-12(2)13(3)16(20)11-15/h10-11,14,21H,9H2,1-8H3/t14?,18?,19-/m0/s1/i10D,11D. The third-order valence-corrected chi connectivity index (χ3v) is 5.83. The van der Waals surface area contributed by atoms with Gasteiger partial charge in [-0.3, -0.25) is 5.32 Å². The van der Waals surface area contributed by atoms with Crippen LogP contribution >= 0.6 is 11.6 Å². The Kier molecular flexibility index (Phi) is 4.17. The molecule has 3 nitrogen and oxygen atoms in total. The summed E-state index contributed by atoms with van der Waals surface area (Å²) in [5, 5.41) is 4.00. The van der Waals surface area contributed by atoms with Crippen LogP contribution in [0.1, 0.15) is 60.5 Å². The zero-order chi connectivity index (χ0) is 19.4. The lowest BCUT2D eigenvalue weighted by Gasteiger charge is -2.58. The van der Waals surface area contributed by atoms with Crippen LogP contribution in [-0.2, 0) is 15.3 Å². The van der Waals surface area contributed by atoms with E-state index >= 15 is 0 Å². The molecule has 3 atom stereocenters. The van der Waals surface area contributed by atoms with Gasteiger partial charge in [0, 0.05) is 23.2 Å². The van der Waals surface area contributed by atoms with E-state index in [1.807, 2.05) is 34.6 Å². The van der Waals surface area contributed by atoms with Crippen molar-refractivity contribution >= 4 is 11.6 Å². The van der Waals surface area contributed by atoms with Crippen LogP contribution in [0.15, 0.2) is 12.1 Å². The molecule has 0 aliphatic carbocycles. The largest absolute Gasteiger partial charge is 0.348 e. The summed E-state index contributed by atoms with van der Waals surface area (Å²) >= 11 is 6.41. The first kappa shape index (κ1) is 15.9. The average molecular weight is 342 g/mol. The van der Waals surface area contributed by atoms with Gasteiger partial charge in [0.05, 0.1) is 14.4 Å². The van der Waals surface area contributed by atoms with Gasteiger partial charge in [-0.25, -0.2) is 0 Å². The van der Waals surface area contributed by atoms with E-state index < -0.39 is 11.3 Å². The molecule has 0 aromatic heterocycles. The Bertz CT molecular complexity index is 665. The van der Waals surface area contributed by atoms with E-state index in [1.54, 1.807) is 7.11 Å². The molecule has 1 aromatic carbocycles. The zero-order valence-corrected chi connectivity index (χ0v) is 16.2. The summed E-state index contributed by atoms with van der Waals surface area (Å²) < 4.78 is 29.6. The summed E-state index contributed by atoms with van der Waals surface area (Å²) in [6.07, 6.45) is 0.705. The van der Waals surface area contributed by atoms with Crippen LogP contribution in [-0.4, -0.2) is 24.3 Å². The van der Waals surface area contributed by atoms with Crippen molar-refractivity contribution in [2.75, 3.05) is 7.11 Å². The van der Waals surface area contributed by atoms with E-state index in [4.69, 9.17) is 23.8 Å². The predicted molar refractivity (Wildman–Crippen MR) is 96.1 cm³/mol. The predicted octanol–water partition coefficient (Wildman–Crippen LogP) is 4.71. The first-order chi connectivity index (χ1) is 11.4. The lowest BCUT2D eigenvalue weighted by atomic mass is 9.78. The number of ether oxygens (including phenoxy) is 2. The molecule has 0 radical (unpaired) electrons. The van der Waals surface area contributed by atoms with Gasteiger partial charge in [0.2, 0.25) is 5.79 Å². The van der Waals surface area contributed by atoms with Crippen molar-refractivity contribution in [2.45, 2.75) is 77.9 Å². The van der Waals surface area contributed by atoms with Crippen molar-refractivity contribution in [3.05, 3.63) is 33.8 Å². The molecule has 0 saturated carbocycles. The minimum atomic E-state index is -1.28. The topological polar surface area (TPSA) is 30.5 Å². The lowest BCUT2D eigenvalue weighted by Crippen LogP contribution is -2.74. The molecule has 1 fully saturated rings. The summed E-state index contributed by atoms with van der Waals surface area (Å²) in [4.78, 5) is 0. The molecule has 0 spiro atoms.